The predicted octanol–water partition coefficient (Wildman–Crippen LogP) is 7.77. The van der Waals surface area contributed by atoms with Crippen LogP contribution in [0.2, 0.25) is 0 Å². The summed E-state index contributed by atoms with van der Waals surface area (Å²) in [6.07, 6.45) is 12.6. The van der Waals surface area contributed by atoms with Crippen LogP contribution in [0.15, 0.2) is 0 Å². The number of aldehydes is 1. The number of carboxylic acids is 1. The van der Waals surface area contributed by atoms with Crippen LogP contribution in [0.4, 0.5) is 0 Å². The molecule has 0 amide bonds. The van der Waals surface area contributed by atoms with Crippen LogP contribution in [-0.2, 0) is 9.59 Å². The van der Waals surface area contributed by atoms with Crippen LogP contribution < -0.4 is 0 Å². The molecule has 3 unspecified atom stereocenters. The van der Waals surface area contributed by atoms with Gasteiger partial charge in [-0.2, -0.15) is 0 Å². The highest BCUT2D eigenvalue weighted by Gasteiger charge is 2.70. The number of carbonyl (C=O) groups excluding carboxylic acids is 1. The van der Waals surface area contributed by atoms with Crippen molar-refractivity contribution in [2.45, 2.75) is 120 Å². The quantitative estimate of drug-likeness (QED) is 0.438. The first-order valence-electron chi connectivity index (χ1n) is 13.8. The molecule has 4 aliphatic rings. The summed E-state index contributed by atoms with van der Waals surface area (Å²) in [4.78, 5) is 24.1. The summed E-state index contributed by atoms with van der Waals surface area (Å²) >= 11 is 0. The van der Waals surface area contributed by atoms with E-state index in [9.17, 15) is 14.7 Å². The van der Waals surface area contributed by atoms with Crippen LogP contribution in [0.1, 0.15) is 120 Å². The van der Waals surface area contributed by atoms with Gasteiger partial charge < -0.3 is 9.90 Å². The number of hydrogen-bond donors (Lipinski definition) is 1. The second kappa shape index (κ2) is 7.57. The van der Waals surface area contributed by atoms with Crippen molar-refractivity contribution >= 4 is 12.3 Å². The third-order valence-corrected chi connectivity index (χ3v) is 13.3. The minimum atomic E-state index is -0.708. The minimum Gasteiger partial charge on any atom is -0.481 e. The average Bonchev–Trinajstić information content (AvgIpc) is 2.73. The first-order chi connectivity index (χ1) is 15.1. The van der Waals surface area contributed by atoms with E-state index in [-0.39, 0.29) is 22.2 Å². The molecule has 0 spiro atoms. The number of hydrogen-bond acceptors (Lipinski definition) is 2. The largest absolute Gasteiger partial charge is 0.481 e. The van der Waals surface area contributed by atoms with E-state index in [0.717, 1.165) is 31.5 Å². The summed E-state index contributed by atoms with van der Waals surface area (Å²) in [5.74, 6) is 0.338. The predicted molar refractivity (Wildman–Crippen MR) is 134 cm³/mol. The fourth-order valence-corrected chi connectivity index (χ4v) is 10.6. The lowest BCUT2D eigenvalue weighted by Gasteiger charge is -2.74. The highest BCUT2D eigenvalue weighted by molar-refractivity contribution is 5.71. The van der Waals surface area contributed by atoms with E-state index in [4.69, 9.17) is 0 Å². The van der Waals surface area contributed by atoms with Gasteiger partial charge in [-0.3, -0.25) is 4.79 Å². The van der Waals surface area contributed by atoms with Crippen molar-refractivity contribution in [2.75, 3.05) is 0 Å². The highest BCUT2D eigenvalue weighted by Crippen LogP contribution is 2.77. The molecule has 0 bridgehead atoms. The maximum absolute atomic E-state index is 12.1. The van der Waals surface area contributed by atoms with Crippen molar-refractivity contribution in [3.8, 4) is 0 Å². The molecule has 33 heavy (non-hydrogen) atoms. The van der Waals surface area contributed by atoms with Crippen molar-refractivity contribution in [3.63, 3.8) is 0 Å². The van der Waals surface area contributed by atoms with E-state index in [2.05, 4.69) is 48.5 Å². The number of carboxylic acid groups (broad SMARTS) is 1. The molecule has 0 saturated heterocycles. The maximum atomic E-state index is 12.1. The standard InChI is InChI=1S/C30H50O3/c1-20(24(32)33)27(5)11-9-22-28(6,21(27)10-18-31)15-17-30(8)23-19-25(2,3)12-13-26(23,4)14-16-29(22,30)7/h18,20-23H,9-17,19H2,1-8H3,(H,32,33)/t20?,21-,22?,23?,26-,27-,28+,29-,30+/m1/s1. The molecule has 1 N–H and O–H groups in total. The second-order valence-corrected chi connectivity index (χ2v) is 15.0. The van der Waals surface area contributed by atoms with Crippen LogP contribution in [0, 0.1) is 56.2 Å². The molecule has 0 aromatic carbocycles. The Kier molecular flexibility index (Phi) is 5.79. The molecule has 4 saturated carbocycles. The summed E-state index contributed by atoms with van der Waals surface area (Å²) < 4.78 is 0. The highest BCUT2D eigenvalue weighted by atomic mass is 16.4. The van der Waals surface area contributed by atoms with Crippen molar-refractivity contribution < 1.29 is 14.7 Å². The van der Waals surface area contributed by atoms with Gasteiger partial charge in [0.2, 0.25) is 0 Å². The Morgan fingerprint density at radius 1 is 0.879 bits per heavy atom. The van der Waals surface area contributed by atoms with Gasteiger partial charge in [-0.15, -0.1) is 0 Å². The van der Waals surface area contributed by atoms with Crippen molar-refractivity contribution in [2.24, 2.45) is 56.2 Å². The molecule has 0 aliphatic heterocycles. The van der Waals surface area contributed by atoms with E-state index >= 15 is 0 Å². The summed E-state index contributed by atoms with van der Waals surface area (Å²) in [5, 5.41) is 9.96. The Balaban J connectivity index is 1.77. The Hall–Kier alpha value is -0.860. The van der Waals surface area contributed by atoms with Crippen LogP contribution in [0.5, 0.6) is 0 Å². The number of fused-ring (bicyclic) bond motifs is 5. The first kappa shape index (κ1) is 25.2. The fourth-order valence-electron chi connectivity index (χ4n) is 10.6. The Morgan fingerprint density at radius 2 is 1.45 bits per heavy atom. The smallest absolute Gasteiger partial charge is 0.306 e. The SMILES string of the molecule is CC(C(=O)O)[C@@]1(C)CCC2[C@@](C)(CC[C@@]3(C)C4CC(C)(C)CC[C@]4(C)CC[C@]23C)[C@@H]1CC=O. The molecule has 4 aliphatic carbocycles. The molecule has 3 heteroatoms. The molecule has 188 valence electrons. The number of rotatable bonds is 4. The molecule has 0 aromatic rings. The van der Waals surface area contributed by atoms with Gasteiger partial charge in [0.1, 0.15) is 6.29 Å². The molecule has 3 nitrogen and oxygen atoms in total. The van der Waals surface area contributed by atoms with E-state index in [1.807, 2.05) is 6.92 Å². The zero-order chi connectivity index (χ0) is 24.7. The van der Waals surface area contributed by atoms with Crippen molar-refractivity contribution in [3.05, 3.63) is 0 Å². The molecule has 0 heterocycles. The average molecular weight is 459 g/mol. The van der Waals surface area contributed by atoms with Crippen LogP contribution in [0.3, 0.4) is 0 Å². The van der Waals surface area contributed by atoms with Crippen molar-refractivity contribution in [1.29, 1.82) is 0 Å². The Labute approximate surface area is 202 Å². The van der Waals surface area contributed by atoms with Crippen molar-refractivity contribution in [1.82, 2.24) is 0 Å². The number of aliphatic carboxylic acids is 1. The molecule has 0 radical (unpaired) electrons. The lowest BCUT2D eigenvalue weighted by molar-refractivity contribution is -0.254. The van der Waals surface area contributed by atoms with Crippen LogP contribution in [0.25, 0.3) is 0 Å². The van der Waals surface area contributed by atoms with Gasteiger partial charge in [-0.1, -0.05) is 55.4 Å². The van der Waals surface area contributed by atoms with Gasteiger partial charge in [0, 0.05) is 6.42 Å². The van der Waals surface area contributed by atoms with Gasteiger partial charge in [0.05, 0.1) is 5.92 Å². The van der Waals surface area contributed by atoms with Gasteiger partial charge >= 0.3 is 5.97 Å². The normalized spacial score (nSPS) is 52.1. The molecular formula is C30H50O3. The summed E-state index contributed by atoms with van der Waals surface area (Å²) in [6.45, 7) is 19.3. The second-order valence-electron chi connectivity index (χ2n) is 15.0. The fraction of sp³-hybridized carbons (Fsp3) is 0.933. The maximum Gasteiger partial charge on any atom is 0.306 e. The van der Waals surface area contributed by atoms with E-state index in [0.29, 0.717) is 28.6 Å². The third kappa shape index (κ3) is 3.33. The van der Waals surface area contributed by atoms with Crippen LogP contribution in [-0.4, -0.2) is 17.4 Å². The summed E-state index contributed by atoms with van der Waals surface area (Å²) in [7, 11) is 0. The topological polar surface area (TPSA) is 54.4 Å². The summed E-state index contributed by atoms with van der Waals surface area (Å²) in [5.41, 5.74) is 1.17. The minimum absolute atomic E-state index is 0.0316. The van der Waals surface area contributed by atoms with E-state index < -0.39 is 11.9 Å². The lowest BCUT2D eigenvalue weighted by atomic mass is 9.30. The van der Waals surface area contributed by atoms with E-state index in [1.165, 1.54) is 38.5 Å². The van der Waals surface area contributed by atoms with Gasteiger partial charge in [-0.25, -0.2) is 0 Å². The van der Waals surface area contributed by atoms with Gasteiger partial charge in [0.25, 0.3) is 0 Å². The third-order valence-electron chi connectivity index (χ3n) is 13.3. The zero-order valence-corrected chi connectivity index (χ0v) is 22.7. The first-order valence-corrected chi connectivity index (χ1v) is 13.8. The summed E-state index contributed by atoms with van der Waals surface area (Å²) in [6, 6.07) is 0. The van der Waals surface area contributed by atoms with Gasteiger partial charge in [0.15, 0.2) is 0 Å². The lowest BCUT2D eigenvalue weighted by Crippen LogP contribution is -2.67. The van der Waals surface area contributed by atoms with Gasteiger partial charge in [-0.05, 0) is 108 Å². The molecular weight excluding hydrogens is 408 g/mol. The molecule has 0 aromatic heterocycles. The molecule has 4 rings (SSSR count). The number of carbonyl (C=O) groups is 2. The molecule has 9 atom stereocenters. The molecule has 4 fully saturated rings. The van der Waals surface area contributed by atoms with E-state index in [1.54, 1.807) is 0 Å². The van der Waals surface area contributed by atoms with Crippen LogP contribution >= 0.6 is 0 Å². The zero-order valence-electron chi connectivity index (χ0n) is 22.7. The Morgan fingerprint density at radius 3 is 2.06 bits per heavy atom. The Bertz CT molecular complexity index is 817. The monoisotopic (exact) mass is 458 g/mol.